The van der Waals surface area contributed by atoms with Crippen molar-refractivity contribution in [2.45, 2.75) is 38.1 Å². The molecule has 4 nitrogen and oxygen atoms in total. The highest BCUT2D eigenvalue weighted by Gasteiger charge is 2.12. The molecule has 0 radical (unpaired) electrons. The van der Waals surface area contributed by atoms with Crippen molar-refractivity contribution in [3.63, 3.8) is 0 Å². The van der Waals surface area contributed by atoms with E-state index in [-0.39, 0.29) is 0 Å². The summed E-state index contributed by atoms with van der Waals surface area (Å²) in [6, 6.07) is 7.97. The summed E-state index contributed by atoms with van der Waals surface area (Å²) in [6.45, 7) is 0. The van der Waals surface area contributed by atoms with Gasteiger partial charge in [0.25, 0.3) is 0 Å². The van der Waals surface area contributed by atoms with Gasteiger partial charge in [0.05, 0.1) is 6.26 Å². The highest BCUT2D eigenvalue weighted by atomic mass is 32.2. The zero-order valence-electron chi connectivity index (χ0n) is 10.6. The lowest BCUT2D eigenvalue weighted by atomic mass is 9.95. The van der Waals surface area contributed by atoms with Crippen LogP contribution >= 0.6 is 0 Å². The zero-order valence-corrected chi connectivity index (χ0v) is 11.5. The molecule has 0 aliphatic heterocycles. The van der Waals surface area contributed by atoms with Gasteiger partial charge in [0.2, 0.25) is 10.0 Å². The average molecular weight is 268 g/mol. The first-order chi connectivity index (χ1) is 8.53. The Labute approximate surface area is 109 Å². The predicted molar refractivity (Wildman–Crippen MR) is 75.4 cm³/mol. The van der Waals surface area contributed by atoms with E-state index < -0.39 is 10.0 Å². The second kappa shape index (κ2) is 5.61. The number of nitrogens with one attached hydrogen (secondary N) is 2. The molecular weight excluding hydrogens is 248 g/mol. The first-order valence-electron chi connectivity index (χ1n) is 6.37. The van der Waals surface area contributed by atoms with E-state index in [1.807, 2.05) is 12.1 Å². The van der Waals surface area contributed by atoms with Crippen molar-refractivity contribution in [1.82, 2.24) is 0 Å². The summed E-state index contributed by atoms with van der Waals surface area (Å²) in [5.41, 5.74) is 1.66. The quantitative estimate of drug-likeness (QED) is 0.882. The molecule has 1 aromatic carbocycles. The van der Waals surface area contributed by atoms with Crippen molar-refractivity contribution >= 4 is 21.4 Å². The fourth-order valence-electron chi connectivity index (χ4n) is 2.33. The molecule has 2 rings (SSSR count). The molecule has 0 atom stereocenters. The van der Waals surface area contributed by atoms with Crippen molar-refractivity contribution in [3.8, 4) is 0 Å². The van der Waals surface area contributed by atoms with Crippen LogP contribution in [0.5, 0.6) is 0 Å². The van der Waals surface area contributed by atoms with Crippen LogP contribution in [0.2, 0.25) is 0 Å². The fourth-order valence-corrected chi connectivity index (χ4v) is 2.90. The Morgan fingerprint density at radius 3 is 2.11 bits per heavy atom. The summed E-state index contributed by atoms with van der Waals surface area (Å²) >= 11 is 0. The van der Waals surface area contributed by atoms with Gasteiger partial charge in [-0.05, 0) is 37.1 Å². The van der Waals surface area contributed by atoms with Crippen molar-refractivity contribution in [2.75, 3.05) is 16.3 Å². The van der Waals surface area contributed by atoms with E-state index in [1.54, 1.807) is 12.1 Å². The molecule has 0 aromatic heterocycles. The van der Waals surface area contributed by atoms with Crippen LogP contribution in [0.25, 0.3) is 0 Å². The van der Waals surface area contributed by atoms with Gasteiger partial charge in [0.15, 0.2) is 0 Å². The van der Waals surface area contributed by atoms with Gasteiger partial charge in [-0.2, -0.15) is 0 Å². The van der Waals surface area contributed by atoms with E-state index in [2.05, 4.69) is 10.0 Å². The molecule has 1 aliphatic rings. The summed E-state index contributed by atoms with van der Waals surface area (Å²) in [4.78, 5) is 0. The van der Waals surface area contributed by atoms with Gasteiger partial charge >= 0.3 is 0 Å². The van der Waals surface area contributed by atoms with E-state index in [1.165, 1.54) is 32.1 Å². The molecule has 1 aromatic rings. The molecule has 100 valence electrons. The van der Waals surface area contributed by atoms with Crippen LogP contribution in [-0.4, -0.2) is 20.7 Å². The van der Waals surface area contributed by atoms with Crippen LogP contribution in [0, 0.1) is 0 Å². The second-order valence-electron chi connectivity index (χ2n) is 4.93. The van der Waals surface area contributed by atoms with Crippen molar-refractivity contribution in [2.24, 2.45) is 0 Å². The van der Waals surface area contributed by atoms with Crippen molar-refractivity contribution in [3.05, 3.63) is 24.3 Å². The van der Waals surface area contributed by atoms with Crippen LogP contribution in [0.1, 0.15) is 32.1 Å². The first kappa shape index (κ1) is 13.2. The third-order valence-corrected chi connectivity index (χ3v) is 3.77. The summed E-state index contributed by atoms with van der Waals surface area (Å²) < 4.78 is 24.6. The van der Waals surface area contributed by atoms with Crippen LogP contribution in [-0.2, 0) is 10.0 Å². The molecule has 0 spiro atoms. The molecule has 0 heterocycles. The van der Waals surface area contributed by atoms with Gasteiger partial charge in [0, 0.05) is 17.4 Å². The number of anilines is 2. The van der Waals surface area contributed by atoms with E-state index in [0.29, 0.717) is 11.7 Å². The maximum absolute atomic E-state index is 11.1. The van der Waals surface area contributed by atoms with Gasteiger partial charge in [-0.1, -0.05) is 19.3 Å². The lowest BCUT2D eigenvalue weighted by molar-refractivity contribution is 0.463. The van der Waals surface area contributed by atoms with Crippen LogP contribution in [0.15, 0.2) is 24.3 Å². The van der Waals surface area contributed by atoms with Crippen LogP contribution in [0.4, 0.5) is 11.4 Å². The SMILES string of the molecule is CS(=O)(=O)Nc1ccc(NC2CCCCC2)cc1. The Balaban J connectivity index is 1.94. The first-order valence-corrected chi connectivity index (χ1v) is 8.26. The summed E-state index contributed by atoms with van der Waals surface area (Å²) in [7, 11) is -3.19. The molecule has 0 saturated heterocycles. The van der Waals surface area contributed by atoms with Crippen LogP contribution < -0.4 is 10.0 Å². The number of hydrogen-bond acceptors (Lipinski definition) is 3. The molecule has 1 saturated carbocycles. The maximum atomic E-state index is 11.1. The van der Waals surface area contributed by atoms with Gasteiger partial charge in [0.1, 0.15) is 0 Å². The van der Waals surface area contributed by atoms with Gasteiger partial charge in [-0.3, -0.25) is 4.72 Å². The predicted octanol–water partition coefficient (Wildman–Crippen LogP) is 2.80. The third-order valence-electron chi connectivity index (χ3n) is 3.16. The lowest BCUT2D eigenvalue weighted by Gasteiger charge is -2.23. The summed E-state index contributed by atoms with van der Waals surface area (Å²) in [6.07, 6.45) is 7.54. The molecule has 5 heteroatoms. The van der Waals surface area contributed by atoms with Gasteiger partial charge in [-0.25, -0.2) is 8.42 Å². The highest BCUT2D eigenvalue weighted by molar-refractivity contribution is 7.92. The molecule has 0 unspecified atom stereocenters. The van der Waals surface area contributed by atoms with E-state index in [0.717, 1.165) is 11.9 Å². The average Bonchev–Trinajstić information content (AvgIpc) is 2.31. The number of rotatable bonds is 4. The summed E-state index contributed by atoms with van der Waals surface area (Å²) in [5.74, 6) is 0. The number of benzene rings is 1. The molecule has 1 fully saturated rings. The Morgan fingerprint density at radius 2 is 1.56 bits per heavy atom. The summed E-state index contributed by atoms with van der Waals surface area (Å²) in [5, 5.41) is 3.49. The standard InChI is InChI=1S/C13H20N2O2S/c1-18(16,17)15-13-9-7-12(8-10-13)14-11-5-3-2-4-6-11/h7-11,14-15H,2-6H2,1H3. The molecule has 1 aliphatic carbocycles. The number of hydrogen-bond donors (Lipinski definition) is 2. The third kappa shape index (κ3) is 4.22. The Morgan fingerprint density at radius 1 is 1.00 bits per heavy atom. The lowest BCUT2D eigenvalue weighted by Crippen LogP contribution is -2.22. The monoisotopic (exact) mass is 268 g/mol. The van der Waals surface area contributed by atoms with Gasteiger partial charge in [-0.15, -0.1) is 0 Å². The fraction of sp³-hybridized carbons (Fsp3) is 0.538. The molecule has 2 N–H and O–H groups in total. The Bertz CT molecular complexity index is 476. The number of sulfonamides is 1. The van der Waals surface area contributed by atoms with E-state index >= 15 is 0 Å². The molecule has 18 heavy (non-hydrogen) atoms. The Kier molecular flexibility index (Phi) is 4.11. The minimum Gasteiger partial charge on any atom is -0.382 e. The normalized spacial score (nSPS) is 17.4. The Hall–Kier alpha value is -1.23. The minimum atomic E-state index is -3.19. The van der Waals surface area contributed by atoms with Crippen LogP contribution in [0.3, 0.4) is 0 Å². The molecule has 0 bridgehead atoms. The second-order valence-corrected chi connectivity index (χ2v) is 6.68. The van der Waals surface area contributed by atoms with E-state index in [9.17, 15) is 8.42 Å². The van der Waals surface area contributed by atoms with Crippen molar-refractivity contribution in [1.29, 1.82) is 0 Å². The minimum absolute atomic E-state index is 0.562. The zero-order chi connectivity index (χ0) is 13.0. The highest BCUT2D eigenvalue weighted by Crippen LogP contribution is 2.22. The van der Waals surface area contributed by atoms with E-state index in [4.69, 9.17) is 0 Å². The van der Waals surface area contributed by atoms with Crippen molar-refractivity contribution < 1.29 is 8.42 Å². The largest absolute Gasteiger partial charge is 0.382 e. The molecular formula is C13H20N2O2S. The smallest absolute Gasteiger partial charge is 0.229 e. The maximum Gasteiger partial charge on any atom is 0.229 e. The van der Waals surface area contributed by atoms with Gasteiger partial charge < -0.3 is 5.32 Å². The molecule has 0 amide bonds. The topological polar surface area (TPSA) is 58.2 Å².